The maximum atomic E-state index is 12.2. The van der Waals surface area contributed by atoms with E-state index in [4.69, 9.17) is 9.47 Å². The molecule has 0 bridgehead atoms. The average Bonchev–Trinajstić information content (AvgIpc) is 2.88. The van der Waals surface area contributed by atoms with Crippen molar-refractivity contribution in [1.82, 2.24) is 14.9 Å². The van der Waals surface area contributed by atoms with Crippen molar-refractivity contribution in [2.45, 2.75) is 45.3 Å². The largest absolute Gasteiger partial charge is 0.460 e. The summed E-state index contributed by atoms with van der Waals surface area (Å²) in [5.41, 5.74) is 1.34. The van der Waals surface area contributed by atoms with E-state index in [9.17, 15) is 4.79 Å². The third-order valence-electron chi connectivity index (χ3n) is 3.68. The third kappa shape index (κ3) is 3.94. The van der Waals surface area contributed by atoms with Gasteiger partial charge in [0.1, 0.15) is 11.7 Å². The van der Waals surface area contributed by atoms with Gasteiger partial charge in [-0.05, 0) is 45.7 Å². The van der Waals surface area contributed by atoms with E-state index in [1.807, 2.05) is 45.0 Å². The van der Waals surface area contributed by atoms with Crippen LogP contribution < -0.4 is 4.74 Å². The van der Waals surface area contributed by atoms with Crippen LogP contribution in [0.4, 0.5) is 4.79 Å². The number of ether oxygens (including phenoxy) is 2. The number of carbonyl (C=O) groups is 1. The molecule has 0 unspecified atom stereocenters. The molecule has 1 aromatic heterocycles. The van der Waals surface area contributed by atoms with Crippen LogP contribution in [0.3, 0.4) is 0 Å². The number of aromatic nitrogens is 2. The molecule has 6 heteroatoms. The summed E-state index contributed by atoms with van der Waals surface area (Å²) in [6.07, 6.45) is 1.44. The predicted octanol–water partition coefficient (Wildman–Crippen LogP) is 3.34. The van der Waals surface area contributed by atoms with Gasteiger partial charge in [-0.1, -0.05) is 12.1 Å². The number of hydrogen-bond donors (Lipinski definition) is 1. The van der Waals surface area contributed by atoms with Crippen LogP contribution in [0.25, 0.3) is 11.0 Å². The van der Waals surface area contributed by atoms with Gasteiger partial charge in [0.05, 0.1) is 17.6 Å². The molecule has 2 aromatic rings. The summed E-state index contributed by atoms with van der Waals surface area (Å²) in [6, 6.07) is 8.30. The first-order valence-electron chi connectivity index (χ1n) is 8.00. The molecular formula is C17H23N3O3. The molecule has 124 valence electrons. The van der Waals surface area contributed by atoms with Crippen LogP contribution >= 0.6 is 0 Å². The second-order valence-corrected chi connectivity index (χ2v) is 6.87. The van der Waals surface area contributed by atoms with Crippen LogP contribution in [0.5, 0.6) is 6.01 Å². The molecule has 0 aliphatic carbocycles. The minimum atomic E-state index is -0.483. The number of hydrogen-bond acceptors (Lipinski definition) is 4. The van der Waals surface area contributed by atoms with Gasteiger partial charge in [0.15, 0.2) is 0 Å². The summed E-state index contributed by atoms with van der Waals surface area (Å²) in [4.78, 5) is 21.5. The quantitative estimate of drug-likeness (QED) is 0.922. The van der Waals surface area contributed by atoms with Gasteiger partial charge in [0.2, 0.25) is 0 Å². The number of aromatic amines is 1. The van der Waals surface area contributed by atoms with E-state index in [1.165, 1.54) is 0 Å². The van der Waals surface area contributed by atoms with Gasteiger partial charge < -0.3 is 19.4 Å². The van der Waals surface area contributed by atoms with E-state index >= 15 is 0 Å². The van der Waals surface area contributed by atoms with E-state index in [2.05, 4.69) is 9.97 Å². The lowest BCUT2D eigenvalue weighted by atomic mass is 10.1. The van der Waals surface area contributed by atoms with Crippen LogP contribution in [0, 0.1) is 0 Å². The number of nitrogens with one attached hydrogen (secondary N) is 1. The predicted molar refractivity (Wildman–Crippen MR) is 87.6 cm³/mol. The summed E-state index contributed by atoms with van der Waals surface area (Å²) >= 11 is 0. The number of piperidine rings is 1. The highest BCUT2D eigenvalue weighted by molar-refractivity contribution is 5.75. The van der Waals surface area contributed by atoms with Crippen molar-refractivity contribution in [2.75, 3.05) is 13.1 Å². The highest BCUT2D eigenvalue weighted by Crippen LogP contribution is 2.21. The summed E-state index contributed by atoms with van der Waals surface area (Å²) in [5, 5.41) is 0. The number of likely N-dealkylation sites (tertiary alicyclic amines) is 1. The molecule has 1 saturated heterocycles. The fraction of sp³-hybridized carbons (Fsp3) is 0.529. The zero-order chi connectivity index (χ0) is 16.4. The fourth-order valence-electron chi connectivity index (χ4n) is 2.67. The number of para-hydroxylation sites is 2. The van der Waals surface area contributed by atoms with Crippen LogP contribution in [-0.2, 0) is 4.74 Å². The molecule has 3 rings (SSSR count). The Kier molecular flexibility index (Phi) is 4.15. The minimum absolute atomic E-state index is 0.0724. The van der Waals surface area contributed by atoms with E-state index < -0.39 is 5.60 Å². The van der Waals surface area contributed by atoms with Gasteiger partial charge in [-0.3, -0.25) is 0 Å². The summed E-state index contributed by atoms with van der Waals surface area (Å²) in [5.74, 6) is 0. The number of imidazole rings is 1. The van der Waals surface area contributed by atoms with Crippen molar-refractivity contribution in [3.63, 3.8) is 0 Å². The van der Waals surface area contributed by atoms with E-state index in [-0.39, 0.29) is 12.2 Å². The summed E-state index contributed by atoms with van der Waals surface area (Å²) < 4.78 is 11.4. The van der Waals surface area contributed by atoms with Gasteiger partial charge >= 0.3 is 6.09 Å². The van der Waals surface area contributed by atoms with Crippen molar-refractivity contribution < 1.29 is 14.3 Å². The zero-order valence-corrected chi connectivity index (χ0v) is 13.8. The lowest BCUT2D eigenvalue weighted by molar-refractivity contribution is 0.00675. The van der Waals surface area contributed by atoms with Crippen molar-refractivity contribution in [3.05, 3.63) is 24.3 Å². The minimum Gasteiger partial charge on any atom is -0.460 e. The van der Waals surface area contributed by atoms with Crippen molar-refractivity contribution in [1.29, 1.82) is 0 Å². The van der Waals surface area contributed by atoms with E-state index in [0.717, 1.165) is 23.9 Å². The van der Waals surface area contributed by atoms with Crippen LogP contribution in [0.2, 0.25) is 0 Å². The van der Waals surface area contributed by atoms with Gasteiger partial charge in [0.25, 0.3) is 6.01 Å². The molecule has 1 N–H and O–H groups in total. The highest BCUT2D eigenvalue weighted by Gasteiger charge is 2.29. The Morgan fingerprint density at radius 3 is 2.87 bits per heavy atom. The third-order valence-corrected chi connectivity index (χ3v) is 3.68. The lowest BCUT2D eigenvalue weighted by Gasteiger charge is -2.33. The molecule has 0 radical (unpaired) electrons. The van der Waals surface area contributed by atoms with Crippen molar-refractivity contribution >= 4 is 17.1 Å². The maximum Gasteiger partial charge on any atom is 0.410 e. The monoisotopic (exact) mass is 317 g/mol. The standard InChI is InChI=1S/C17H23N3O3/c1-17(2,3)23-16(21)20-10-6-7-12(11-20)22-15-18-13-8-4-5-9-14(13)19-15/h4-5,8-9,12H,6-7,10-11H2,1-3H3,(H,18,19)/t12-/m0/s1. The Balaban J connectivity index is 1.63. The van der Waals surface area contributed by atoms with E-state index in [1.54, 1.807) is 4.90 Å². The molecule has 6 nitrogen and oxygen atoms in total. The smallest absolute Gasteiger partial charge is 0.410 e. The normalized spacial score (nSPS) is 18.9. The summed E-state index contributed by atoms with van der Waals surface area (Å²) in [6.45, 7) is 6.84. The Labute approximate surface area is 135 Å². The molecular weight excluding hydrogens is 294 g/mol. The molecule has 1 atom stereocenters. The SMILES string of the molecule is CC(C)(C)OC(=O)N1CCC[C@H](Oc2nc3ccccc3[nH]2)C1. The maximum absolute atomic E-state index is 12.2. The molecule has 1 aliphatic rings. The number of carbonyl (C=O) groups excluding carboxylic acids is 1. The Morgan fingerprint density at radius 2 is 2.13 bits per heavy atom. The molecule has 1 amide bonds. The average molecular weight is 317 g/mol. The number of benzene rings is 1. The topological polar surface area (TPSA) is 67.4 Å². The van der Waals surface area contributed by atoms with Crippen LogP contribution in [0.1, 0.15) is 33.6 Å². The number of H-pyrrole nitrogens is 1. The van der Waals surface area contributed by atoms with Gasteiger partial charge in [-0.15, -0.1) is 0 Å². The van der Waals surface area contributed by atoms with Crippen molar-refractivity contribution in [3.8, 4) is 6.01 Å². The first kappa shape index (κ1) is 15.6. The van der Waals surface area contributed by atoms with Crippen molar-refractivity contribution in [2.24, 2.45) is 0 Å². The fourth-order valence-corrected chi connectivity index (χ4v) is 2.67. The van der Waals surface area contributed by atoms with Crippen LogP contribution in [-0.4, -0.2) is 45.8 Å². The number of rotatable bonds is 2. The molecule has 0 saturated carbocycles. The molecule has 0 spiro atoms. The Morgan fingerprint density at radius 1 is 1.35 bits per heavy atom. The number of nitrogens with zero attached hydrogens (tertiary/aromatic N) is 2. The molecule has 2 heterocycles. The summed E-state index contributed by atoms with van der Waals surface area (Å²) in [7, 11) is 0. The van der Waals surface area contributed by atoms with E-state index in [0.29, 0.717) is 19.1 Å². The first-order valence-corrected chi connectivity index (χ1v) is 8.00. The van der Waals surface area contributed by atoms with Gasteiger partial charge in [-0.25, -0.2) is 4.79 Å². The van der Waals surface area contributed by atoms with Crippen LogP contribution in [0.15, 0.2) is 24.3 Å². The second-order valence-electron chi connectivity index (χ2n) is 6.87. The molecule has 1 fully saturated rings. The van der Waals surface area contributed by atoms with Gasteiger partial charge in [0, 0.05) is 6.54 Å². The molecule has 1 aromatic carbocycles. The number of fused-ring (bicyclic) bond motifs is 1. The first-order chi connectivity index (χ1) is 10.9. The zero-order valence-electron chi connectivity index (χ0n) is 13.8. The second kappa shape index (κ2) is 6.10. The Bertz CT molecular complexity index is 657. The number of amides is 1. The van der Waals surface area contributed by atoms with Gasteiger partial charge in [-0.2, -0.15) is 4.98 Å². The molecule has 23 heavy (non-hydrogen) atoms. The lowest BCUT2D eigenvalue weighted by Crippen LogP contribution is -2.46. The highest BCUT2D eigenvalue weighted by atomic mass is 16.6. The Hall–Kier alpha value is -2.24. The molecule has 1 aliphatic heterocycles.